The molecule has 0 saturated carbocycles. The average Bonchev–Trinajstić information content (AvgIpc) is 3.45. The molecule has 2 aromatic carbocycles. The molecule has 0 amide bonds. The van der Waals surface area contributed by atoms with E-state index in [1.807, 2.05) is 35.7 Å². The Labute approximate surface area is 188 Å². The largest absolute Gasteiger partial charge is 0.486 e. The van der Waals surface area contributed by atoms with Crippen LogP contribution in [0.1, 0.15) is 28.1 Å². The van der Waals surface area contributed by atoms with Crippen LogP contribution in [0.5, 0.6) is 11.5 Å². The third-order valence-corrected chi connectivity index (χ3v) is 5.19. The number of carbonyl (C=O) groups is 1. The monoisotopic (exact) mass is 453 g/mol. The summed E-state index contributed by atoms with van der Waals surface area (Å²) in [6.45, 7) is 2.38. The summed E-state index contributed by atoms with van der Waals surface area (Å²) in [5.41, 5.74) is 1.59. The molecule has 0 aliphatic carbocycles. The van der Waals surface area contributed by atoms with E-state index in [0.717, 1.165) is 10.7 Å². The minimum atomic E-state index is -0.552. The minimum absolute atomic E-state index is 0.103. The summed E-state index contributed by atoms with van der Waals surface area (Å²) in [6, 6.07) is 15.2. The van der Waals surface area contributed by atoms with Crippen molar-refractivity contribution in [3.63, 3.8) is 0 Å². The molecule has 9 heteroatoms. The highest BCUT2D eigenvalue weighted by molar-refractivity contribution is 7.09. The summed E-state index contributed by atoms with van der Waals surface area (Å²) < 4.78 is 31.1. The summed E-state index contributed by atoms with van der Waals surface area (Å²) in [4.78, 5) is 16.8. The molecule has 0 atom stereocenters. The zero-order valence-electron chi connectivity index (χ0n) is 17.2. The SMILES string of the molecule is CCOC(=O)c1nn(-c2ccccc2)cc1OCc1csc(COc2ccc(F)cc2)n1. The molecule has 2 aromatic heterocycles. The molecule has 0 aliphatic rings. The zero-order valence-corrected chi connectivity index (χ0v) is 18.0. The van der Waals surface area contributed by atoms with Gasteiger partial charge in [-0.15, -0.1) is 11.3 Å². The molecule has 0 fully saturated rings. The number of esters is 1. The predicted molar refractivity (Wildman–Crippen MR) is 117 cm³/mol. The summed E-state index contributed by atoms with van der Waals surface area (Å²) in [5.74, 6) is 0.00359. The van der Waals surface area contributed by atoms with Crippen molar-refractivity contribution in [1.82, 2.24) is 14.8 Å². The van der Waals surface area contributed by atoms with Gasteiger partial charge in [0.2, 0.25) is 5.69 Å². The van der Waals surface area contributed by atoms with E-state index in [1.165, 1.54) is 23.5 Å². The number of rotatable bonds is 9. The van der Waals surface area contributed by atoms with Gasteiger partial charge in [-0.3, -0.25) is 0 Å². The molecule has 0 bridgehead atoms. The fourth-order valence-corrected chi connectivity index (χ4v) is 3.52. The highest BCUT2D eigenvalue weighted by Gasteiger charge is 2.20. The van der Waals surface area contributed by atoms with Gasteiger partial charge in [-0.05, 0) is 43.3 Å². The molecule has 4 aromatic rings. The van der Waals surface area contributed by atoms with Crippen LogP contribution in [-0.4, -0.2) is 27.3 Å². The lowest BCUT2D eigenvalue weighted by Gasteiger charge is -2.04. The van der Waals surface area contributed by atoms with E-state index in [0.29, 0.717) is 17.2 Å². The molecule has 32 heavy (non-hydrogen) atoms. The van der Waals surface area contributed by atoms with E-state index in [9.17, 15) is 9.18 Å². The predicted octanol–water partition coefficient (Wildman–Crippen LogP) is 4.80. The number of benzene rings is 2. The van der Waals surface area contributed by atoms with Gasteiger partial charge in [-0.2, -0.15) is 5.10 Å². The fourth-order valence-electron chi connectivity index (χ4n) is 2.83. The molecule has 4 rings (SSSR count). The standard InChI is InChI=1S/C23H20FN3O4S/c1-2-29-23(28)22-20(12-27(26-22)18-6-4-3-5-7-18)31-13-17-15-32-21(25-17)14-30-19-10-8-16(24)9-11-19/h3-12,15H,2,13-14H2,1H3. The molecule has 0 radical (unpaired) electrons. The van der Waals surface area contributed by atoms with Crippen LogP contribution in [0.15, 0.2) is 66.2 Å². The first-order valence-corrected chi connectivity index (χ1v) is 10.8. The van der Waals surface area contributed by atoms with Gasteiger partial charge in [0.15, 0.2) is 5.75 Å². The van der Waals surface area contributed by atoms with Crippen molar-refractivity contribution in [2.75, 3.05) is 6.61 Å². The van der Waals surface area contributed by atoms with Gasteiger partial charge in [-0.1, -0.05) is 18.2 Å². The van der Waals surface area contributed by atoms with Gasteiger partial charge in [-0.25, -0.2) is 18.9 Å². The van der Waals surface area contributed by atoms with E-state index >= 15 is 0 Å². The second-order valence-corrected chi connectivity index (χ2v) is 7.55. The van der Waals surface area contributed by atoms with Crippen molar-refractivity contribution in [2.24, 2.45) is 0 Å². The van der Waals surface area contributed by atoms with Crippen LogP contribution in [-0.2, 0) is 18.0 Å². The highest BCUT2D eigenvalue weighted by atomic mass is 32.1. The van der Waals surface area contributed by atoms with Crippen LogP contribution in [0.4, 0.5) is 4.39 Å². The lowest BCUT2D eigenvalue weighted by molar-refractivity contribution is 0.0514. The maximum absolute atomic E-state index is 13.0. The first kappa shape index (κ1) is 21.5. The number of aromatic nitrogens is 3. The molecular formula is C23H20FN3O4S. The van der Waals surface area contributed by atoms with E-state index in [-0.39, 0.29) is 31.3 Å². The Morgan fingerprint density at radius 3 is 2.59 bits per heavy atom. The van der Waals surface area contributed by atoms with Crippen LogP contribution >= 0.6 is 11.3 Å². The summed E-state index contributed by atoms with van der Waals surface area (Å²) in [6.07, 6.45) is 1.65. The normalized spacial score (nSPS) is 10.7. The second kappa shape index (κ2) is 10.1. The fraction of sp³-hybridized carbons (Fsp3) is 0.174. The van der Waals surface area contributed by atoms with Crippen molar-refractivity contribution in [2.45, 2.75) is 20.1 Å². The van der Waals surface area contributed by atoms with Crippen molar-refractivity contribution < 1.29 is 23.4 Å². The van der Waals surface area contributed by atoms with Crippen molar-refractivity contribution >= 4 is 17.3 Å². The number of hydrogen-bond donors (Lipinski definition) is 0. The topological polar surface area (TPSA) is 75.5 Å². The molecule has 2 heterocycles. The number of para-hydroxylation sites is 1. The molecule has 0 spiro atoms. The Morgan fingerprint density at radius 1 is 1.06 bits per heavy atom. The number of carbonyl (C=O) groups excluding carboxylic acids is 1. The maximum Gasteiger partial charge on any atom is 0.362 e. The number of ether oxygens (including phenoxy) is 3. The van der Waals surface area contributed by atoms with Crippen LogP contribution in [0.2, 0.25) is 0 Å². The summed E-state index contributed by atoms with van der Waals surface area (Å²) in [7, 11) is 0. The van der Waals surface area contributed by atoms with E-state index in [4.69, 9.17) is 14.2 Å². The molecule has 0 unspecified atom stereocenters. The quantitative estimate of drug-likeness (QED) is 0.339. The van der Waals surface area contributed by atoms with Crippen LogP contribution < -0.4 is 9.47 Å². The number of halogens is 1. The molecular weight excluding hydrogens is 433 g/mol. The molecule has 7 nitrogen and oxygen atoms in total. The van der Waals surface area contributed by atoms with Crippen LogP contribution in [0.25, 0.3) is 5.69 Å². The molecule has 0 N–H and O–H groups in total. The first-order valence-electron chi connectivity index (χ1n) is 9.89. The molecule has 0 saturated heterocycles. The van der Waals surface area contributed by atoms with Gasteiger partial charge in [0.25, 0.3) is 0 Å². The Bertz CT molecular complexity index is 1180. The zero-order chi connectivity index (χ0) is 22.3. The van der Waals surface area contributed by atoms with Crippen LogP contribution in [0.3, 0.4) is 0 Å². The van der Waals surface area contributed by atoms with E-state index < -0.39 is 5.97 Å². The smallest absolute Gasteiger partial charge is 0.362 e. The Hall–Kier alpha value is -3.72. The second-order valence-electron chi connectivity index (χ2n) is 6.61. The Balaban J connectivity index is 1.43. The summed E-state index contributed by atoms with van der Waals surface area (Å²) >= 11 is 1.43. The number of nitrogens with zero attached hydrogens (tertiary/aromatic N) is 3. The van der Waals surface area contributed by atoms with E-state index in [2.05, 4.69) is 10.1 Å². The summed E-state index contributed by atoms with van der Waals surface area (Å²) in [5, 5.41) is 6.94. The number of thiazole rings is 1. The Kier molecular flexibility index (Phi) is 6.76. The van der Waals surface area contributed by atoms with Crippen molar-refractivity contribution in [1.29, 1.82) is 0 Å². The number of hydrogen-bond acceptors (Lipinski definition) is 7. The highest BCUT2D eigenvalue weighted by Crippen LogP contribution is 2.23. The molecule has 164 valence electrons. The minimum Gasteiger partial charge on any atom is -0.486 e. The lowest BCUT2D eigenvalue weighted by atomic mass is 10.3. The van der Waals surface area contributed by atoms with Crippen molar-refractivity contribution in [3.8, 4) is 17.2 Å². The van der Waals surface area contributed by atoms with Crippen molar-refractivity contribution in [3.05, 3.63) is 88.4 Å². The average molecular weight is 453 g/mol. The van der Waals surface area contributed by atoms with E-state index in [1.54, 1.807) is 29.9 Å². The maximum atomic E-state index is 13.0. The van der Waals surface area contributed by atoms with Gasteiger partial charge in [0.05, 0.1) is 24.2 Å². The lowest BCUT2D eigenvalue weighted by Crippen LogP contribution is -2.08. The van der Waals surface area contributed by atoms with Gasteiger partial charge < -0.3 is 14.2 Å². The Morgan fingerprint density at radius 2 is 1.84 bits per heavy atom. The van der Waals surface area contributed by atoms with Crippen LogP contribution in [0, 0.1) is 5.82 Å². The molecule has 0 aliphatic heterocycles. The van der Waals surface area contributed by atoms with Gasteiger partial charge in [0.1, 0.15) is 29.8 Å². The van der Waals surface area contributed by atoms with Gasteiger partial charge in [0, 0.05) is 5.38 Å². The van der Waals surface area contributed by atoms with Gasteiger partial charge >= 0.3 is 5.97 Å². The third kappa shape index (κ3) is 5.30. The third-order valence-electron chi connectivity index (χ3n) is 4.32. The first-order chi connectivity index (χ1) is 15.6.